The van der Waals surface area contributed by atoms with Gasteiger partial charge in [0, 0.05) is 6.42 Å². The summed E-state index contributed by atoms with van der Waals surface area (Å²) in [6.07, 6.45) is 32.8. The van der Waals surface area contributed by atoms with Crippen molar-refractivity contribution >= 4 is 11.9 Å². The smallest absolute Gasteiger partial charge is 0.328 e. The molecule has 0 aliphatic carbocycles. The lowest BCUT2D eigenvalue weighted by Gasteiger charge is -2.21. The highest BCUT2D eigenvalue weighted by molar-refractivity contribution is 5.84. The highest BCUT2D eigenvalue weighted by Gasteiger charge is 2.21. The van der Waals surface area contributed by atoms with Crippen LogP contribution in [0.3, 0.4) is 0 Å². The lowest BCUT2D eigenvalue weighted by Crippen LogP contribution is -2.40. The molecule has 0 aromatic rings. The zero-order valence-electron chi connectivity index (χ0n) is 27.0. The first kappa shape index (κ1) is 37.9. The minimum atomic E-state index is -0.564. The summed E-state index contributed by atoms with van der Waals surface area (Å²) in [7, 11) is 0. The van der Waals surface area contributed by atoms with Gasteiger partial charge >= 0.3 is 5.97 Å². The maximum absolute atomic E-state index is 12.8. The summed E-state index contributed by atoms with van der Waals surface area (Å²) in [5, 5.41) is 2.89. The molecule has 4 nitrogen and oxygen atoms in total. The van der Waals surface area contributed by atoms with Crippen LogP contribution in [0.15, 0.2) is 0 Å². The molecule has 0 aliphatic rings. The molecule has 0 fully saturated rings. The van der Waals surface area contributed by atoms with Gasteiger partial charge in [-0.3, -0.25) is 4.79 Å². The van der Waals surface area contributed by atoms with Crippen LogP contribution in [0.25, 0.3) is 0 Å². The fourth-order valence-electron chi connectivity index (χ4n) is 5.33. The Morgan fingerprint density at radius 2 is 0.846 bits per heavy atom. The molecule has 232 valence electrons. The average Bonchev–Trinajstić information content (AvgIpc) is 2.92. The van der Waals surface area contributed by atoms with Gasteiger partial charge in [-0.15, -0.1) is 0 Å². The highest BCUT2D eigenvalue weighted by atomic mass is 16.5. The third-order valence-corrected chi connectivity index (χ3v) is 8.03. The third-order valence-electron chi connectivity index (χ3n) is 8.03. The van der Waals surface area contributed by atoms with E-state index in [1.165, 1.54) is 128 Å². The second-order valence-electron chi connectivity index (χ2n) is 12.1. The Morgan fingerprint density at radius 3 is 1.23 bits per heavy atom. The van der Waals surface area contributed by atoms with Crippen LogP contribution in [-0.4, -0.2) is 24.0 Å². The number of hydrogen-bond donors (Lipinski definition) is 1. The maximum atomic E-state index is 12.8. The van der Waals surface area contributed by atoms with Gasteiger partial charge in [-0.25, -0.2) is 4.79 Å². The van der Waals surface area contributed by atoms with Crippen LogP contribution in [0.4, 0.5) is 0 Å². The van der Waals surface area contributed by atoms with Gasteiger partial charge in [0.1, 0.15) is 12.1 Å². The standard InChI is InChI=1S/C35H69NO3/c1-5-8-11-14-17-19-21-24-27-30-33(29-26-23-16-13-10-7-3)39-35(38)32(4)36-34(37)31-28-25-22-20-18-15-12-9-6-2/h32-33H,5-31H2,1-4H3,(H,36,37). The van der Waals surface area contributed by atoms with E-state index >= 15 is 0 Å². The number of amides is 1. The minimum Gasteiger partial charge on any atom is -0.461 e. The molecule has 1 N–H and O–H groups in total. The lowest BCUT2D eigenvalue weighted by atomic mass is 10.0. The molecule has 0 aliphatic heterocycles. The number of carbonyl (C=O) groups excluding carboxylic acids is 2. The van der Waals surface area contributed by atoms with Crippen LogP contribution >= 0.6 is 0 Å². The number of rotatable bonds is 30. The van der Waals surface area contributed by atoms with Gasteiger partial charge in [0.25, 0.3) is 0 Å². The fraction of sp³-hybridized carbons (Fsp3) is 0.943. The first-order valence-corrected chi connectivity index (χ1v) is 17.5. The van der Waals surface area contributed by atoms with Gasteiger partial charge < -0.3 is 10.1 Å². The monoisotopic (exact) mass is 552 g/mol. The molecule has 0 saturated carbocycles. The number of esters is 1. The first-order chi connectivity index (χ1) is 19.0. The molecule has 2 unspecified atom stereocenters. The van der Waals surface area contributed by atoms with Gasteiger partial charge in [0.05, 0.1) is 0 Å². The highest BCUT2D eigenvalue weighted by Crippen LogP contribution is 2.18. The van der Waals surface area contributed by atoms with Crippen LogP contribution < -0.4 is 5.32 Å². The van der Waals surface area contributed by atoms with Crippen molar-refractivity contribution in [1.29, 1.82) is 0 Å². The van der Waals surface area contributed by atoms with Crippen molar-refractivity contribution in [2.75, 3.05) is 0 Å². The van der Waals surface area contributed by atoms with Crippen LogP contribution in [0.1, 0.15) is 201 Å². The molecule has 0 radical (unpaired) electrons. The number of unbranched alkanes of at least 4 members (excludes halogenated alkanes) is 21. The van der Waals surface area contributed by atoms with Gasteiger partial charge in [-0.1, -0.05) is 156 Å². The molecule has 4 heteroatoms. The van der Waals surface area contributed by atoms with Crippen molar-refractivity contribution in [3.05, 3.63) is 0 Å². The summed E-state index contributed by atoms with van der Waals surface area (Å²) < 4.78 is 5.96. The Labute approximate surface area is 244 Å². The number of carbonyl (C=O) groups is 2. The number of hydrogen-bond acceptors (Lipinski definition) is 3. The van der Waals surface area contributed by atoms with E-state index in [0.717, 1.165) is 38.5 Å². The van der Waals surface area contributed by atoms with E-state index in [2.05, 4.69) is 26.1 Å². The van der Waals surface area contributed by atoms with Crippen LogP contribution in [0.5, 0.6) is 0 Å². The molecule has 0 rings (SSSR count). The molecule has 39 heavy (non-hydrogen) atoms. The summed E-state index contributed by atoms with van der Waals surface area (Å²) in [4.78, 5) is 25.2. The number of ether oxygens (including phenoxy) is 1. The Balaban J connectivity index is 4.24. The zero-order valence-corrected chi connectivity index (χ0v) is 27.0. The van der Waals surface area contributed by atoms with Crippen LogP contribution in [0, 0.1) is 0 Å². The topological polar surface area (TPSA) is 55.4 Å². The Bertz CT molecular complexity index is 536. The second-order valence-corrected chi connectivity index (χ2v) is 12.1. The quantitative estimate of drug-likeness (QED) is 0.0713. The molecular formula is C35H69NO3. The molecule has 0 aromatic heterocycles. The molecule has 0 saturated heterocycles. The molecule has 2 atom stereocenters. The zero-order chi connectivity index (χ0) is 28.8. The largest absolute Gasteiger partial charge is 0.461 e. The summed E-state index contributed by atoms with van der Waals surface area (Å²) in [6, 6.07) is -0.564. The molecule has 0 spiro atoms. The number of nitrogens with one attached hydrogen (secondary N) is 1. The predicted octanol–water partition coefficient (Wildman–Crippen LogP) is 11.0. The maximum Gasteiger partial charge on any atom is 0.328 e. The van der Waals surface area contributed by atoms with E-state index < -0.39 is 6.04 Å². The lowest BCUT2D eigenvalue weighted by molar-refractivity contribution is -0.153. The molecule has 0 bridgehead atoms. The van der Waals surface area contributed by atoms with Crippen molar-refractivity contribution in [2.45, 2.75) is 213 Å². The first-order valence-electron chi connectivity index (χ1n) is 17.5. The summed E-state index contributed by atoms with van der Waals surface area (Å²) in [6.45, 7) is 8.54. The van der Waals surface area contributed by atoms with Gasteiger partial charge in [-0.2, -0.15) is 0 Å². The van der Waals surface area contributed by atoms with E-state index in [9.17, 15) is 9.59 Å². The third kappa shape index (κ3) is 26.9. The van der Waals surface area contributed by atoms with Gasteiger partial charge in [0.2, 0.25) is 5.91 Å². The van der Waals surface area contributed by atoms with Crippen LogP contribution in [-0.2, 0) is 14.3 Å². The van der Waals surface area contributed by atoms with E-state index in [1.807, 2.05) is 0 Å². The van der Waals surface area contributed by atoms with Crippen LogP contribution in [0.2, 0.25) is 0 Å². The van der Waals surface area contributed by atoms with Crippen molar-refractivity contribution in [2.24, 2.45) is 0 Å². The molecule has 0 aromatic carbocycles. The van der Waals surface area contributed by atoms with Crippen molar-refractivity contribution in [3.63, 3.8) is 0 Å². The second kappa shape index (κ2) is 29.9. The van der Waals surface area contributed by atoms with Crippen molar-refractivity contribution in [1.82, 2.24) is 5.32 Å². The summed E-state index contributed by atoms with van der Waals surface area (Å²) in [5.74, 6) is -0.281. The summed E-state index contributed by atoms with van der Waals surface area (Å²) >= 11 is 0. The Morgan fingerprint density at radius 1 is 0.513 bits per heavy atom. The normalized spacial score (nSPS) is 12.8. The van der Waals surface area contributed by atoms with Crippen molar-refractivity contribution in [3.8, 4) is 0 Å². The van der Waals surface area contributed by atoms with Gasteiger partial charge in [-0.05, 0) is 39.0 Å². The average molecular weight is 552 g/mol. The SMILES string of the molecule is CCCCCCCCCCCC(=O)NC(C)C(=O)OC(CCCCCCCC)CCCCCCCCCCC. The van der Waals surface area contributed by atoms with E-state index in [-0.39, 0.29) is 18.0 Å². The van der Waals surface area contributed by atoms with Crippen molar-refractivity contribution < 1.29 is 14.3 Å². The van der Waals surface area contributed by atoms with E-state index in [4.69, 9.17) is 4.74 Å². The van der Waals surface area contributed by atoms with Gasteiger partial charge in [0.15, 0.2) is 0 Å². The molecule has 0 heterocycles. The predicted molar refractivity (Wildman–Crippen MR) is 169 cm³/mol. The fourth-order valence-corrected chi connectivity index (χ4v) is 5.33. The Kier molecular flexibility index (Phi) is 29.1. The van der Waals surface area contributed by atoms with E-state index in [0.29, 0.717) is 6.42 Å². The minimum absolute atomic E-state index is 0.00934. The Hall–Kier alpha value is -1.06. The molecule has 1 amide bonds. The van der Waals surface area contributed by atoms with E-state index in [1.54, 1.807) is 6.92 Å². The molecular weight excluding hydrogens is 482 g/mol. The summed E-state index contributed by atoms with van der Waals surface area (Å²) in [5.41, 5.74) is 0.